The molecule has 0 unspecified atom stereocenters. The number of aromatic nitrogens is 2. The van der Waals surface area contributed by atoms with Crippen LogP contribution in [0.5, 0.6) is 5.88 Å². The van der Waals surface area contributed by atoms with Crippen molar-refractivity contribution < 1.29 is 9.90 Å². The van der Waals surface area contributed by atoms with E-state index in [9.17, 15) is 14.7 Å². The van der Waals surface area contributed by atoms with Gasteiger partial charge in [0.05, 0.1) is 19.4 Å². The third kappa shape index (κ3) is 4.81. The van der Waals surface area contributed by atoms with Crippen molar-refractivity contribution in [3.05, 3.63) is 51.8 Å². The van der Waals surface area contributed by atoms with Gasteiger partial charge >= 0.3 is 0 Å². The molecule has 0 aliphatic heterocycles. The summed E-state index contributed by atoms with van der Waals surface area (Å²) in [5.41, 5.74) is 0.655. The number of aromatic amines is 1. The predicted molar refractivity (Wildman–Crippen MR) is 99.7 cm³/mol. The van der Waals surface area contributed by atoms with E-state index < -0.39 is 8.07 Å². The van der Waals surface area contributed by atoms with Crippen LogP contribution in [0.15, 0.2) is 40.3 Å². The summed E-state index contributed by atoms with van der Waals surface area (Å²) in [6, 6.07) is 10.6. The molecule has 0 bridgehead atoms. The van der Waals surface area contributed by atoms with Crippen LogP contribution in [0, 0.1) is 0 Å². The van der Waals surface area contributed by atoms with Gasteiger partial charge in [0.1, 0.15) is 0 Å². The van der Waals surface area contributed by atoms with Gasteiger partial charge in [-0.05, 0) is 6.04 Å². The fraction of sp³-hybridized carbons (Fsp3) is 0.353. The molecule has 0 amide bonds. The Labute approximate surface area is 146 Å². The lowest BCUT2D eigenvalue weighted by Crippen LogP contribution is -2.31. The number of carbonyl (C=O) groups is 1. The number of rotatable bonds is 7. The van der Waals surface area contributed by atoms with Crippen molar-refractivity contribution in [3.63, 3.8) is 0 Å². The van der Waals surface area contributed by atoms with Crippen LogP contribution >= 0.6 is 11.8 Å². The first-order valence-corrected chi connectivity index (χ1v) is 12.3. The minimum absolute atomic E-state index is 0.0497. The molecule has 0 radical (unpaired) electrons. The highest BCUT2D eigenvalue weighted by atomic mass is 32.2. The van der Waals surface area contributed by atoms with E-state index in [1.54, 1.807) is 24.3 Å². The predicted octanol–water partition coefficient (Wildman–Crippen LogP) is 3.26. The van der Waals surface area contributed by atoms with Gasteiger partial charge in [-0.2, -0.15) is 4.98 Å². The molecule has 1 aromatic carbocycles. The number of ketones is 1. The molecule has 0 atom stereocenters. The molecule has 1 aromatic heterocycles. The highest BCUT2D eigenvalue weighted by Gasteiger charge is 2.23. The molecule has 2 aromatic rings. The van der Waals surface area contributed by atoms with Gasteiger partial charge in [-0.25, -0.2) is 0 Å². The smallest absolute Gasteiger partial charge is 0.258 e. The Kier molecular flexibility index (Phi) is 6.01. The van der Waals surface area contributed by atoms with Crippen LogP contribution < -0.4 is 5.56 Å². The number of H-pyrrole nitrogens is 1. The van der Waals surface area contributed by atoms with E-state index >= 15 is 0 Å². The Bertz CT molecular complexity index is 775. The molecule has 0 saturated heterocycles. The summed E-state index contributed by atoms with van der Waals surface area (Å²) in [7, 11) is -1.56. The van der Waals surface area contributed by atoms with E-state index in [0.717, 1.165) is 17.8 Å². The van der Waals surface area contributed by atoms with Gasteiger partial charge in [0.2, 0.25) is 5.88 Å². The second-order valence-corrected chi connectivity index (χ2v) is 12.8. The lowest BCUT2D eigenvalue weighted by Gasteiger charge is -2.19. The third-order valence-corrected chi connectivity index (χ3v) is 8.12. The number of hydrogen-bond donors (Lipinski definition) is 2. The Morgan fingerprint density at radius 1 is 1.29 bits per heavy atom. The summed E-state index contributed by atoms with van der Waals surface area (Å²) < 4.78 is 0. The molecule has 0 saturated carbocycles. The average Bonchev–Trinajstić information content (AvgIpc) is 2.57. The van der Waals surface area contributed by atoms with Crippen LogP contribution in [0.2, 0.25) is 19.1 Å². The minimum Gasteiger partial charge on any atom is -0.493 e. The zero-order chi connectivity index (χ0) is 17.7. The summed E-state index contributed by atoms with van der Waals surface area (Å²) in [6.45, 7) is 6.45. The van der Waals surface area contributed by atoms with Gasteiger partial charge in [-0.1, -0.05) is 68.2 Å². The SMILES string of the molecule is CC[Si](C)(C)Cc1c(O)nc(SCC(=O)c2ccccc2)[nH]c1=O. The summed E-state index contributed by atoms with van der Waals surface area (Å²) in [5, 5.41) is 10.4. The first-order chi connectivity index (χ1) is 11.3. The molecule has 2 N–H and O–H groups in total. The van der Waals surface area contributed by atoms with Crippen LogP contribution in [0.25, 0.3) is 0 Å². The molecule has 5 nitrogen and oxygen atoms in total. The monoisotopic (exact) mass is 362 g/mol. The highest BCUT2D eigenvalue weighted by Crippen LogP contribution is 2.22. The number of carbonyl (C=O) groups excluding carboxylic acids is 1. The molecule has 24 heavy (non-hydrogen) atoms. The average molecular weight is 363 g/mol. The number of thioether (sulfide) groups is 1. The zero-order valence-corrected chi connectivity index (χ0v) is 15.9. The number of Topliss-reactive ketones (excluding diaryl/α,β-unsaturated/α-hetero) is 1. The second kappa shape index (κ2) is 7.81. The lowest BCUT2D eigenvalue weighted by molar-refractivity contribution is 0.102. The highest BCUT2D eigenvalue weighted by molar-refractivity contribution is 7.99. The molecule has 7 heteroatoms. The maximum Gasteiger partial charge on any atom is 0.258 e. The Balaban J connectivity index is 2.10. The molecule has 2 rings (SSSR count). The van der Waals surface area contributed by atoms with Gasteiger partial charge < -0.3 is 10.1 Å². The fourth-order valence-electron chi connectivity index (χ4n) is 2.14. The van der Waals surface area contributed by atoms with Gasteiger partial charge in [-0.3, -0.25) is 9.59 Å². The van der Waals surface area contributed by atoms with E-state index in [4.69, 9.17) is 0 Å². The lowest BCUT2D eigenvalue weighted by atomic mass is 10.2. The zero-order valence-electron chi connectivity index (χ0n) is 14.1. The van der Waals surface area contributed by atoms with Crippen molar-refractivity contribution >= 4 is 25.6 Å². The number of aromatic hydroxyl groups is 1. The molecule has 0 fully saturated rings. The maximum atomic E-state index is 12.2. The van der Waals surface area contributed by atoms with E-state index in [1.165, 1.54) is 0 Å². The summed E-state index contributed by atoms with van der Waals surface area (Å²) in [4.78, 5) is 31.0. The second-order valence-electron chi connectivity index (χ2n) is 6.45. The fourth-order valence-corrected chi connectivity index (χ4v) is 4.41. The standard InChI is InChI=1S/C17H22N2O3SSi/c1-4-24(2,3)11-13-15(21)18-17(19-16(13)22)23-10-14(20)12-8-6-5-7-9-12/h5-9H,4,10-11H2,1-3H3,(H2,18,19,21,22). The number of nitrogens with one attached hydrogen (secondary N) is 1. The Morgan fingerprint density at radius 2 is 1.96 bits per heavy atom. The maximum absolute atomic E-state index is 12.2. The molecule has 0 spiro atoms. The van der Waals surface area contributed by atoms with E-state index in [2.05, 4.69) is 30.0 Å². The first kappa shape index (κ1) is 18.5. The van der Waals surface area contributed by atoms with Crippen molar-refractivity contribution in [2.24, 2.45) is 0 Å². The van der Waals surface area contributed by atoms with Gasteiger partial charge in [0, 0.05) is 5.56 Å². The number of benzene rings is 1. The van der Waals surface area contributed by atoms with E-state index in [0.29, 0.717) is 17.2 Å². The normalized spacial score (nSPS) is 11.5. The van der Waals surface area contributed by atoms with Gasteiger partial charge in [0.15, 0.2) is 10.9 Å². The first-order valence-electron chi connectivity index (χ1n) is 7.85. The molecule has 128 valence electrons. The van der Waals surface area contributed by atoms with Crippen molar-refractivity contribution in [1.82, 2.24) is 9.97 Å². The van der Waals surface area contributed by atoms with Crippen molar-refractivity contribution in [2.75, 3.05) is 5.75 Å². The summed E-state index contributed by atoms with van der Waals surface area (Å²) in [6.07, 6.45) is 0. The molecular weight excluding hydrogens is 340 g/mol. The number of nitrogens with zero attached hydrogens (tertiary/aromatic N) is 1. The third-order valence-electron chi connectivity index (χ3n) is 4.02. The Morgan fingerprint density at radius 3 is 2.54 bits per heavy atom. The quantitative estimate of drug-likeness (QED) is 0.342. The minimum atomic E-state index is -1.56. The van der Waals surface area contributed by atoms with Crippen LogP contribution in [0.4, 0.5) is 0 Å². The van der Waals surface area contributed by atoms with Crippen LogP contribution in [-0.2, 0) is 6.04 Å². The van der Waals surface area contributed by atoms with Gasteiger partial charge in [0.25, 0.3) is 5.56 Å². The molecule has 0 aliphatic rings. The molecular formula is C17H22N2O3SSi. The van der Waals surface area contributed by atoms with Gasteiger partial charge in [-0.15, -0.1) is 0 Å². The van der Waals surface area contributed by atoms with Crippen LogP contribution in [-0.4, -0.2) is 34.7 Å². The number of hydrogen-bond acceptors (Lipinski definition) is 5. The molecule has 0 aliphatic carbocycles. The van der Waals surface area contributed by atoms with Crippen LogP contribution in [0.3, 0.4) is 0 Å². The summed E-state index contributed by atoms with van der Waals surface area (Å²) >= 11 is 1.12. The summed E-state index contributed by atoms with van der Waals surface area (Å²) in [5.74, 6) is -0.116. The molecule has 1 heterocycles. The van der Waals surface area contributed by atoms with Crippen molar-refractivity contribution in [3.8, 4) is 5.88 Å². The van der Waals surface area contributed by atoms with E-state index in [1.807, 2.05) is 6.07 Å². The van der Waals surface area contributed by atoms with E-state index in [-0.39, 0.29) is 28.1 Å². The van der Waals surface area contributed by atoms with Crippen molar-refractivity contribution in [2.45, 2.75) is 37.3 Å². The topological polar surface area (TPSA) is 83.1 Å². The van der Waals surface area contributed by atoms with Crippen molar-refractivity contribution in [1.29, 1.82) is 0 Å². The van der Waals surface area contributed by atoms with Crippen LogP contribution in [0.1, 0.15) is 22.8 Å². The largest absolute Gasteiger partial charge is 0.493 e. The Hall–Kier alpha value is -1.86.